The first-order chi connectivity index (χ1) is 16.0. The summed E-state index contributed by atoms with van der Waals surface area (Å²) in [5, 5.41) is 0. The van der Waals surface area contributed by atoms with Gasteiger partial charge in [0, 0.05) is 13.2 Å². The molecule has 33 heavy (non-hydrogen) atoms. The highest BCUT2D eigenvalue weighted by molar-refractivity contribution is 5.89. The van der Waals surface area contributed by atoms with Gasteiger partial charge in [0.2, 0.25) is 5.91 Å². The second-order valence-electron chi connectivity index (χ2n) is 8.64. The van der Waals surface area contributed by atoms with Crippen molar-refractivity contribution in [3.05, 3.63) is 47.0 Å². The molecule has 1 amide bonds. The Kier molecular flexibility index (Phi) is 6.70. The normalized spacial score (nSPS) is 22.3. The molecule has 2 atom stereocenters. The first-order valence-corrected chi connectivity index (χ1v) is 11.3. The number of amides is 1. The van der Waals surface area contributed by atoms with Gasteiger partial charge in [0.05, 0.1) is 46.5 Å². The van der Waals surface area contributed by atoms with E-state index in [1.807, 2.05) is 35.2 Å². The molecule has 178 valence electrons. The van der Waals surface area contributed by atoms with Crippen molar-refractivity contribution in [3.63, 3.8) is 0 Å². The molecular formula is C26H33NO6. The Morgan fingerprint density at radius 1 is 0.970 bits per heavy atom. The van der Waals surface area contributed by atoms with E-state index in [9.17, 15) is 4.79 Å². The number of nitrogens with zero attached hydrogens (tertiary/aromatic N) is 1. The fourth-order valence-corrected chi connectivity index (χ4v) is 5.15. The number of benzene rings is 2. The molecule has 4 rings (SSSR count). The third kappa shape index (κ3) is 3.99. The maximum Gasteiger partial charge on any atom is 0.236 e. The summed E-state index contributed by atoms with van der Waals surface area (Å²) in [7, 11) is 6.49. The van der Waals surface area contributed by atoms with E-state index in [1.165, 1.54) is 5.56 Å². The molecule has 2 unspecified atom stereocenters. The van der Waals surface area contributed by atoms with Crippen molar-refractivity contribution >= 4 is 5.91 Å². The van der Waals surface area contributed by atoms with Gasteiger partial charge in [-0.05, 0) is 67.1 Å². The summed E-state index contributed by atoms with van der Waals surface area (Å²) in [6.07, 6.45) is 2.31. The quantitative estimate of drug-likeness (QED) is 0.658. The Morgan fingerprint density at radius 3 is 2.27 bits per heavy atom. The predicted octanol–water partition coefficient (Wildman–Crippen LogP) is 3.92. The second kappa shape index (κ2) is 9.51. The molecule has 2 heterocycles. The Balaban J connectivity index is 1.73. The number of carbonyl (C=O) groups is 1. The molecule has 1 saturated heterocycles. The minimum Gasteiger partial charge on any atom is -0.493 e. The number of carbonyl (C=O) groups excluding carboxylic acids is 1. The van der Waals surface area contributed by atoms with Crippen molar-refractivity contribution in [1.29, 1.82) is 0 Å². The lowest BCUT2D eigenvalue weighted by molar-refractivity contribution is -0.145. The van der Waals surface area contributed by atoms with Gasteiger partial charge in [-0.2, -0.15) is 0 Å². The van der Waals surface area contributed by atoms with Gasteiger partial charge in [-0.1, -0.05) is 6.07 Å². The lowest BCUT2D eigenvalue weighted by Gasteiger charge is -2.44. The summed E-state index contributed by atoms with van der Waals surface area (Å²) < 4.78 is 27.8. The number of fused-ring (bicyclic) bond motifs is 1. The van der Waals surface area contributed by atoms with Gasteiger partial charge >= 0.3 is 0 Å². The third-order valence-corrected chi connectivity index (χ3v) is 7.03. The summed E-state index contributed by atoms with van der Waals surface area (Å²) in [4.78, 5) is 16.2. The molecule has 0 saturated carbocycles. The first-order valence-electron chi connectivity index (χ1n) is 11.3. The number of ether oxygens (including phenoxy) is 5. The molecule has 2 aromatic carbocycles. The van der Waals surface area contributed by atoms with Crippen LogP contribution in [0.15, 0.2) is 30.3 Å². The van der Waals surface area contributed by atoms with E-state index in [4.69, 9.17) is 23.7 Å². The Morgan fingerprint density at radius 2 is 1.64 bits per heavy atom. The van der Waals surface area contributed by atoms with Gasteiger partial charge in [0.1, 0.15) is 0 Å². The van der Waals surface area contributed by atoms with Crippen molar-refractivity contribution in [1.82, 2.24) is 4.90 Å². The van der Waals surface area contributed by atoms with Crippen LogP contribution in [0.1, 0.15) is 42.5 Å². The summed E-state index contributed by atoms with van der Waals surface area (Å²) >= 11 is 0. The van der Waals surface area contributed by atoms with E-state index in [-0.39, 0.29) is 11.9 Å². The van der Waals surface area contributed by atoms with Crippen LogP contribution in [-0.2, 0) is 21.4 Å². The van der Waals surface area contributed by atoms with E-state index in [2.05, 4.69) is 6.92 Å². The van der Waals surface area contributed by atoms with Gasteiger partial charge in [0.25, 0.3) is 0 Å². The Hall–Kier alpha value is -2.93. The van der Waals surface area contributed by atoms with Crippen LogP contribution >= 0.6 is 0 Å². The molecule has 2 aromatic rings. The van der Waals surface area contributed by atoms with E-state index in [1.54, 1.807) is 28.4 Å². The van der Waals surface area contributed by atoms with Crippen LogP contribution in [0.3, 0.4) is 0 Å². The maximum absolute atomic E-state index is 14.2. The van der Waals surface area contributed by atoms with E-state index >= 15 is 0 Å². The number of hydrogen-bond donors (Lipinski definition) is 0. The van der Waals surface area contributed by atoms with Crippen molar-refractivity contribution in [2.75, 3.05) is 48.2 Å². The smallest absolute Gasteiger partial charge is 0.236 e. The summed E-state index contributed by atoms with van der Waals surface area (Å²) in [6, 6.07) is 9.68. The van der Waals surface area contributed by atoms with Crippen LogP contribution < -0.4 is 18.9 Å². The lowest BCUT2D eigenvalue weighted by atomic mass is 9.74. The van der Waals surface area contributed by atoms with Gasteiger partial charge in [-0.25, -0.2) is 0 Å². The molecule has 7 nitrogen and oxygen atoms in total. The lowest BCUT2D eigenvalue weighted by Crippen LogP contribution is -2.53. The third-order valence-electron chi connectivity index (χ3n) is 7.03. The molecule has 0 bridgehead atoms. The minimum atomic E-state index is -0.764. The highest BCUT2D eigenvalue weighted by Crippen LogP contribution is 2.43. The van der Waals surface area contributed by atoms with Crippen molar-refractivity contribution in [2.45, 2.75) is 37.6 Å². The molecule has 1 fully saturated rings. The van der Waals surface area contributed by atoms with E-state index in [0.717, 1.165) is 30.4 Å². The summed E-state index contributed by atoms with van der Waals surface area (Å²) in [6.45, 7) is 3.73. The predicted molar refractivity (Wildman–Crippen MR) is 125 cm³/mol. The van der Waals surface area contributed by atoms with Crippen LogP contribution in [0.5, 0.6) is 23.0 Å². The molecular weight excluding hydrogens is 422 g/mol. The van der Waals surface area contributed by atoms with Crippen molar-refractivity contribution in [2.24, 2.45) is 0 Å². The van der Waals surface area contributed by atoms with E-state index in [0.29, 0.717) is 42.8 Å². The fraction of sp³-hybridized carbons (Fsp3) is 0.500. The molecule has 0 N–H and O–H groups in total. The zero-order chi connectivity index (χ0) is 23.6. The maximum atomic E-state index is 14.2. The van der Waals surface area contributed by atoms with Gasteiger partial charge < -0.3 is 28.6 Å². The van der Waals surface area contributed by atoms with Crippen LogP contribution in [-0.4, -0.2) is 59.0 Å². The Labute approximate surface area is 195 Å². The molecule has 0 aliphatic carbocycles. The molecule has 0 radical (unpaired) electrons. The monoisotopic (exact) mass is 455 g/mol. The minimum absolute atomic E-state index is 0.0855. The highest BCUT2D eigenvalue weighted by Gasteiger charge is 2.47. The summed E-state index contributed by atoms with van der Waals surface area (Å²) in [5.41, 5.74) is 2.41. The van der Waals surface area contributed by atoms with Crippen LogP contribution in [0.25, 0.3) is 0 Å². The average molecular weight is 456 g/mol. The molecule has 0 aromatic heterocycles. The van der Waals surface area contributed by atoms with Crippen LogP contribution in [0.4, 0.5) is 0 Å². The van der Waals surface area contributed by atoms with Gasteiger partial charge in [0.15, 0.2) is 23.0 Å². The SMILES string of the molecule is COc1ccc(C2(C(=O)N3CCc4cc(OC)c(OC)cc4C3C)CCCOC2)cc1OC. The van der Waals surface area contributed by atoms with E-state index < -0.39 is 5.41 Å². The van der Waals surface area contributed by atoms with Gasteiger partial charge in [-0.3, -0.25) is 4.79 Å². The largest absolute Gasteiger partial charge is 0.493 e. The zero-order valence-corrected chi connectivity index (χ0v) is 20.1. The average Bonchev–Trinajstić information content (AvgIpc) is 2.87. The summed E-state index contributed by atoms with van der Waals surface area (Å²) in [5.74, 6) is 2.73. The van der Waals surface area contributed by atoms with Crippen LogP contribution in [0, 0.1) is 0 Å². The van der Waals surface area contributed by atoms with Crippen molar-refractivity contribution < 1.29 is 28.5 Å². The number of rotatable bonds is 6. The van der Waals surface area contributed by atoms with Crippen LogP contribution in [0.2, 0.25) is 0 Å². The van der Waals surface area contributed by atoms with Crippen molar-refractivity contribution in [3.8, 4) is 23.0 Å². The zero-order valence-electron chi connectivity index (χ0n) is 20.1. The molecule has 7 heteroatoms. The first kappa shape index (κ1) is 23.2. The molecule has 2 aliphatic rings. The van der Waals surface area contributed by atoms with Gasteiger partial charge in [-0.15, -0.1) is 0 Å². The highest BCUT2D eigenvalue weighted by atomic mass is 16.5. The molecule has 0 spiro atoms. The standard InChI is InChI=1S/C26H33NO6/c1-17-20-15-24(32-5)22(30-3)13-18(20)9-11-27(17)25(28)26(10-6-12-33-16-26)19-7-8-21(29-2)23(14-19)31-4/h7-8,13-15,17H,6,9-12,16H2,1-5H3. The number of hydrogen-bond acceptors (Lipinski definition) is 6. The topological polar surface area (TPSA) is 66.5 Å². The molecule has 2 aliphatic heterocycles. The fourth-order valence-electron chi connectivity index (χ4n) is 5.15. The Bertz CT molecular complexity index is 1010. The second-order valence-corrected chi connectivity index (χ2v) is 8.64. The number of methoxy groups -OCH3 is 4.